The number of aromatic nitrogens is 3. The van der Waals surface area contributed by atoms with Crippen LogP contribution in [0.2, 0.25) is 15.2 Å². The Morgan fingerprint density at radius 2 is 1.37 bits per heavy atom. The number of ether oxygens (including phenoxy) is 1. The van der Waals surface area contributed by atoms with Crippen molar-refractivity contribution in [2.24, 2.45) is 0 Å². The Labute approximate surface area is 169 Å². The van der Waals surface area contributed by atoms with Crippen LogP contribution in [0.5, 0.6) is 11.6 Å². The van der Waals surface area contributed by atoms with Crippen LogP contribution in [0.4, 0.5) is 0 Å². The Morgan fingerprint density at radius 3 is 2.04 bits per heavy atom. The Bertz CT molecular complexity index is 1080. The minimum Gasteiger partial charge on any atom is -0.437 e. The van der Waals surface area contributed by atoms with Crippen LogP contribution in [-0.4, -0.2) is 15.2 Å². The van der Waals surface area contributed by atoms with Crippen molar-refractivity contribution in [3.8, 4) is 34.5 Å². The number of hydrogen-bond donors (Lipinski definition) is 0. The highest BCUT2D eigenvalue weighted by molar-refractivity contribution is 6.42. The standard InChI is InChI=1S/C19H10Cl3N3O2/c20-14-10-15(21)19(23-16(14)22)26-13-8-6-12(7-9-13)18-25-24-17(27-18)11-4-2-1-3-5-11/h1-10H. The summed E-state index contributed by atoms with van der Waals surface area (Å²) in [6.45, 7) is 0. The lowest BCUT2D eigenvalue weighted by molar-refractivity contribution is 0.463. The van der Waals surface area contributed by atoms with Gasteiger partial charge in [0.05, 0.1) is 5.02 Å². The highest BCUT2D eigenvalue weighted by atomic mass is 35.5. The van der Waals surface area contributed by atoms with Gasteiger partial charge >= 0.3 is 0 Å². The van der Waals surface area contributed by atoms with Crippen molar-refractivity contribution < 1.29 is 9.15 Å². The maximum Gasteiger partial charge on any atom is 0.248 e. The topological polar surface area (TPSA) is 61.0 Å². The molecule has 134 valence electrons. The molecule has 4 aromatic rings. The summed E-state index contributed by atoms with van der Waals surface area (Å²) in [4.78, 5) is 4.02. The first-order chi connectivity index (χ1) is 13.1. The van der Waals surface area contributed by atoms with Crippen LogP contribution >= 0.6 is 34.8 Å². The third kappa shape index (κ3) is 3.90. The molecule has 0 aliphatic carbocycles. The van der Waals surface area contributed by atoms with E-state index in [2.05, 4.69) is 15.2 Å². The van der Waals surface area contributed by atoms with Crippen LogP contribution in [0, 0.1) is 0 Å². The molecule has 0 aliphatic rings. The van der Waals surface area contributed by atoms with E-state index in [9.17, 15) is 0 Å². The molecule has 0 saturated heterocycles. The monoisotopic (exact) mass is 417 g/mol. The molecule has 0 aliphatic heterocycles. The average Bonchev–Trinajstić information content (AvgIpc) is 3.18. The predicted octanol–water partition coefficient (Wildman–Crippen LogP) is 6.55. The lowest BCUT2D eigenvalue weighted by Crippen LogP contribution is -1.90. The van der Waals surface area contributed by atoms with E-state index in [-0.39, 0.29) is 21.1 Å². The zero-order chi connectivity index (χ0) is 18.8. The van der Waals surface area contributed by atoms with E-state index in [1.54, 1.807) is 24.3 Å². The van der Waals surface area contributed by atoms with Gasteiger partial charge in [0, 0.05) is 11.1 Å². The van der Waals surface area contributed by atoms with Crippen LogP contribution in [-0.2, 0) is 0 Å². The first-order valence-electron chi connectivity index (χ1n) is 7.79. The van der Waals surface area contributed by atoms with Crippen LogP contribution in [0.15, 0.2) is 65.1 Å². The van der Waals surface area contributed by atoms with Gasteiger partial charge in [-0.2, -0.15) is 4.98 Å². The molecule has 0 amide bonds. The summed E-state index contributed by atoms with van der Waals surface area (Å²) < 4.78 is 11.4. The zero-order valence-electron chi connectivity index (χ0n) is 13.6. The van der Waals surface area contributed by atoms with Crippen molar-refractivity contribution in [1.29, 1.82) is 0 Å². The molecule has 0 saturated carbocycles. The number of rotatable bonds is 4. The van der Waals surface area contributed by atoms with Crippen LogP contribution in [0.3, 0.4) is 0 Å². The van der Waals surface area contributed by atoms with E-state index in [1.807, 2.05) is 30.3 Å². The molecule has 2 aromatic heterocycles. The molecule has 4 rings (SSSR count). The molecular formula is C19H10Cl3N3O2. The van der Waals surface area contributed by atoms with E-state index in [1.165, 1.54) is 6.07 Å². The van der Waals surface area contributed by atoms with Crippen LogP contribution in [0.25, 0.3) is 22.9 Å². The maximum absolute atomic E-state index is 6.08. The molecule has 0 fully saturated rings. The van der Waals surface area contributed by atoms with Gasteiger partial charge in [-0.1, -0.05) is 53.0 Å². The van der Waals surface area contributed by atoms with Crippen LogP contribution < -0.4 is 4.74 Å². The smallest absolute Gasteiger partial charge is 0.248 e. The summed E-state index contributed by atoms with van der Waals surface area (Å²) in [6, 6.07) is 18.1. The molecule has 0 radical (unpaired) electrons. The summed E-state index contributed by atoms with van der Waals surface area (Å²) in [5.74, 6) is 1.56. The summed E-state index contributed by atoms with van der Waals surface area (Å²) in [5, 5.41) is 8.81. The number of hydrogen-bond acceptors (Lipinski definition) is 5. The second kappa shape index (κ2) is 7.56. The van der Waals surface area contributed by atoms with Gasteiger partial charge in [-0.15, -0.1) is 10.2 Å². The minimum atomic E-state index is 0.118. The van der Waals surface area contributed by atoms with Crippen molar-refractivity contribution in [2.45, 2.75) is 0 Å². The van der Waals surface area contributed by atoms with Gasteiger partial charge in [-0.05, 0) is 42.5 Å². The Balaban J connectivity index is 1.55. The average molecular weight is 419 g/mol. The molecule has 2 aromatic carbocycles. The fraction of sp³-hybridized carbons (Fsp3) is 0. The van der Waals surface area contributed by atoms with Gasteiger partial charge in [-0.25, -0.2) is 0 Å². The van der Waals surface area contributed by atoms with Gasteiger partial charge < -0.3 is 9.15 Å². The number of pyridine rings is 1. The van der Waals surface area contributed by atoms with Gasteiger partial charge in [0.2, 0.25) is 17.7 Å². The number of halogens is 3. The lowest BCUT2D eigenvalue weighted by atomic mass is 10.2. The van der Waals surface area contributed by atoms with Gasteiger partial charge in [-0.3, -0.25) is 0 Å². The fourth-order valence-corrected chi connectivity index (χ4v) is 2.84. The van der Waals surface area contributed by atoms with E-state index < -0.39 is 0 Å². The molecule has 2 heterocycles. The summed E-state index contributed by atoms with van der Waals surface area (Å²) >= 11 is 17.8. The maximum atomic E-state index is 6.08. The van der Waals surface area contributed by atoms with Gasteiger partial charge in [0.25, 0.3) is 0 Å². The predicted molar refractivity (Wildman–Crippen MR) is 105 cm³/mol. The first kappa shape index (κ1) is 17.8. The molecule has 27 heavy (non-hydrogen) atoms. The van der Waals surface area contributed by atoms with Crippen molar-refractivity contribution >= 4 is 34.8 Å². The Hall–Kier alpha value is -2.60. The van der Waals surface area contributed by atoms with Crippen LogP contribution in [0.1, 0.15) is 0 Å². The third-order valence-electron chi connectivity index (χ3n) is 3.62. The molecule has 0 bridgehead atoms. The van der Waals surface area contributed by atoms with Gasteiger partial charge in [0.1, 0.15) is 10.8 Å². The summed E-state index contributed by atoms with van der Waals surface area (Å²) in [7, 11) is 0. The second-order valence-electron chi connectivity index (χ2n) is 5.45. The van der Waals surface area contributed by atoms with E-state index in [4.69, 9.17) is 44.0 Å². The van der Waals surface area contributed by atoms with Crippen molar-refractivity contribution in [3.05, 3.63) is 75.9 Å². The van der Waals surface area contributed by atoms with Crippen molar-refractivity contribution in [1.82, 2.24) is 15.2 Å². The molecule has 8 heteroatoms. The number of nitrogens with zero attached hydrogens (tertiary/aromatic N) is 3. The normalized spacial score (nSPS) is 10.8. The van der Waals surface area contributed by atoms with Gasteiger partial charge in [0.15, 0.2) is 5.15 Å². The summed E-state index contributed by atoms with van der Waals surface area (Å²) in [5.41, 5.74) is 1.61. The van der Waals surface area contributed by atoms with E-state index in [0.717, 1.165) is 11.1 Å². The highest BCUT2D eigenvalue weighted by Gasteiger charge is 2.12. The lowest BCUT2D eigenvalue weighted by Gasteiger charge is -2.07. The van der Waals surface area contributed by atoms with E-state index in [0.29, 0.717) is 17.5 Å². The quantitative estimate of drug-likeness (QED) is 0.352. The molecule has 5 nitrogen and oxygen atoms in total. The molecule has 0 atom stereocenters. The molecule has 0 unspecified atom stereocenters. The number of benzene rings is 2. The van der Waals surface area contributed by atoms with Crippen molar-refractivity contribution in [2.75, 3.05) is 0 Å². The minimum absolute atomic E-state index is 0.118. The first-order valence-corrected chi connectivity index (χ1v) is 8.92. The molecule has 0 spiro atoms. The molecule has 0 N–H and O–H groups in total. The fourth-order valence-electron chi connectivity index (χ4n) is 2.31. The second-order valence-corrected chi connectivity index (χ2v) is 6.63. The zero-order valence-corrected chi connectivity index (χ0v) is 15.8. The Kier molecular flexibility index (Phi) is 4.99. The molecular weight excluding hydrogens is 409 g/mol. The SMILES string of the molecule is Clc1cc(Cl)c(Oc2ccc(-c3nnc(-c4ccccc4)o3)cc2)nc1Cl. The summed E-state index contributed by atoms with van der Waals surface area (Å²) in [6.07, 6.45) is 0. The Morgan fingerprint density at radius 1 is 0.741 bits per heavy atom. The highest BCUT2D eigenvalue weighted by Crippen LogP contribution is 2.34. The van der Waals surface area contributed by atoms with E-state index >= 15 is 0 Å². The largest absolute Gasteiger partial charge is 0.437 e. The van der Waals surface area contributed by atoms with Crippen molar-refractivity contribution in [3.63, 3.8) is 0 Å². The third-order valence-corrected chi connectivity index (χ3v) is 4.56.